The Labute approximate surface area is 287 Å². The van der Waals surface area contributed by atoms with Gasteiger partial charge in [0.1, 0.15) is 5.58 Å². The zero-order valence-corrected chi connectivity index (χ0v) is 26.9. The fourth-order valence-corrected chi connectivity index (χ4v) is 7.08. The number of hydrogen-bond acceptors (Lipinski definition) is 4. The van der Waals surface area contributed by atoms with Gasteiger partial charge < -0.3 is 8.98 Å². The maximum Gasteiger partial charge on any atom is 0.164 e. The number of benzene rings is 7. The summed E-state index contributed by atoms with van der Waals surface area (Å²) in [5.74, 6) is 1.86. The van der Waals surface area contributed by atoms with Crippen molar-refractivity contribution in [3.05, 3.63) is 170 Å². The molecule has 0 amide bonds. The van der Waals surface area contributed by atoms with E-state index in [-0.39, 0.29) is 0 Å². The van der Waals surface area contributed by atoms with Crippen molar-refractivity contribution in [2.45, 2.75) is 0 Å². The highest BCUT2D eigenvalue weighted by molar-refractivity contribution is 6.21. The summed E-state index contributed by atoms with van der Waals surface area (Å²) in [5, 5.41) is 4.52. The Hall–Kier alpha value is -6.85. The molecule has 0 aliphatic heterocycles. The first-order valence-electron chi connectivity index (χ1n) is 16.7. The van der Waals surface area contributed by atoms with Crippen LogP contribution in [0.3, 0.4) is 0 Å². The van der Waals surface area contributed by atoms with Gasteiger partial charge in [-0.25, -0.2) is 15.0 Å². The maximum atomic E-state index is 6.58. The van der Waals surface area contributed by atoms with Gasteiger partial charge in [-0.1, -0.05) is 140 Å². The lowest BCUT2D eigenvalue weighted by molar-refractivity contribution is 0.671. The molecule has 0 aliphatic carbocycles. The topological polar surface area (TPSA) is 56.7 Å². The summed E-state index contributed by atoms with van der Waals surface area (Å²) in [7, 11) is 0. The molecule has 0 fully saturated rings. The number of para-hydroxylation sites is 2. The first-order chi connectivity index (χ1) is 24.8. The van der Waals surface area contributed by atoms with Gasteiger partial charge in [-0.2, -0.15) is 0 Å². The number of hydrogen-bond donors (Lipinski definition) is 0. The molecule has 5 nitrogen and oxygen atoms in total. The average Bonchev–Trinajstić information content (AvgIpc) is 3.75. The van der Waals surface area contributed by atoms with Crippen molar-refractivity contribution in [2.75, 3.05) is 0 Å². The molecule has 7 aromatic carbocycles. The Balaban J connectivity index is 1.16. The van der Waals surface area contributed by atoms with Crippen LogP contribution in [0.15, 0.2) is 174 Å². The summed E-state index contributed by atoms with van der Waals surface area (Å²) in [6.45, 7) is 0. The van der Waals surface area contributed by atoms with E-state index in [2.05, 4.69) is 126 Å². The van der Waals surface area contributed by atoms with Crippen molar-refractivity contribution in [1.29, 1.82) is 0 Å². The molecule has 0 aliphatic rings. The molecule has 5 heteroatoms. The van der Waals surface area contributed by atoms with Crippen LogP contribution in [-0.4, -0.2) is 19.5 Å². The van der Waals surface area contributed by atoms with E-state index in [9.17, 15) is 0 Å². The maximum absolute atomic E-state index is 6.58. The first kappa shape index (κ1) is 28.2. The van der Waals surface area contributed by atoms with Crippen molar-refractivity contribution in [1.82, 2.24) is 19.5 Å². The Kier molecular flexibility index (Phi) is 6.42. The third-order valence-electron chi connectivity index (χ3n) is 9.46. The van der Waals surface area contributed by atoms with Gasteiger partial charge >= 0.3 is 0 Å². The van der Waals surface area contributed by atoms with Crippen LogP contribution in [-0.2, 0) is 0 Å². The molecule has 50 heavy (non-hydrogen) atoms. The molecule has 0 unspecified atom stereocenters. The van der Waals surface area contributed by atoms with Gasteiger partial charge in [-0.05, 0) is 41.5 Å². The van der Waals surface area contributed by atoms with E-state index in [1.807, 2.05) is 48.5 Å². The molecule has 0 saturated carbocycles. The monoisotopic (exact) mass is 640 g/mol. The number of fused-ring (bicyclic) bond motifs is 7. The van der Waals surface area contributed by atoms with Crippen molar-refractivity contribution in [2.24, 2.45) is 0 Å². The number of aromatic nitrogens is 4. The van der Waals surface area contributed by atoms with Crippen molar-refractivity contribution in [3.8, 4) is 51.0 Å². The summed E-state index contributed by atoms with van der Waals surface area (Å²) < 4.78 is 8.89. The summed E-state index contributed by atoms with van der Waals surface area (Å²) in [6, 6.07) is 58.5. The van der Waals surface area contributed by atoms with Crippen LogP contribution >= 0.6 is 0 Å². The molecule has 10 aromatic rings. The van der Waals surface area contributed by atoms with E-state index >= 15 is 0 Å². The number of rotatable bonds is 5. The molecule has 0 bridgehead atoms. The van der Waals surface area contributed by atoms with Crippen LogP contribution in [0, 0.1) is 0 Å². The van der Waals surface area contributed by atoms with Crippen molar-refractivity contribution >= 4 is 43.7 Å². The predicted octanol–water partition coefficient (Wildman–Crippen LogP) is 11.5. The minimum atomic E-state index is 0.609. The summed E-state index contributed by atoms with van der Waals surface area (Å²) in [4.78, 5) is 15.1. The molecule has 10 rings (SSSR count). The van der Waals surface area contributed by atoms with Crippen LogP contribution < -0.4 is 0 Å². The second kappa shape index (κ2) is 11.4. The molecular formula is C45H28N4O. The lowest BCUT2D eigenvalue weighted by atomic mass is 10.0. The summed E-state index contributed by atoms with van der Waals surface area (Å²) in [5.41, 5.74) is 9.96. The van der Waals surface area contributed by atoms with Gasteiger partial charge in [0.15, 0.2) is 23.1 Å². The number of furan rings is 1. The van der Waals surface area contributed by atoms with Gasteiger partial charge in [-0.15, -0.1) is 0 Å². The van der Waals surface area contributed by atoms with E-state index in [0.717, 1.165) is 66.3 Å². The molecule has 0 radical (unpaired) electrons. The molecule has 3 aromatic heterocycles. The Morgan fingerprint density at radius 3 is 1.68 bits per heavy atom. The molecule has 3 heterocycles. The molecule has 0 atom stereocenters. The Morgan fingerprint density at radius 2 is 0.920 bits per heavy atom. The van der Waals surface area contributed by atoms with E-state index in [1.165, 1.54) is 10.9 Å². The second-order valence-corrected chi connectivity index (χ2v) is 12.5. The highest BCUT2D eigenvalue weighted by atomic mass is 16.3. The third kappa shape index (κ3) is 4.60. The van der Waals surface area contributed by atoms with E-state index in [1.54, 1.807) is 0 Å². The zero-order valence-electron chi connectivity index (χ0n) is 26.9. The largest absolute Gasteiger partial charge is 0.454 e. The predicted molar refractivity (Wildman–Crippen MR) is 203 cm³/mol. The molecule has 234 valence electrons. The van der Waals surface area contributed by atoms with E-state index < -0.39 is 0 Å². The zero-order chi connectivity index (χ0) is 33.0. The van der Waals surface area contributed by atoms with Gasteiger partial charge in [0, 0.05) is 43.9 Å². The molecule has 0 spiro atoms. The van der Waals surface area contributed by atoms with Crippen LogP contribution in [0.5, 0.6) is 0 Å². The number of nitrogens with zero attached hydrogens (tertiary/aromatic N) is 4. The molecular weight excluding hydrogens is 613 g/mol. The van der Waals surface area contributed by atoms with Crippen molar-refractivity contribution in [3.63, 3.8) is 0 Å². The smallest absolute Gasteiger partial charge is 0.164 e. The normalized spacial score (nSPS) is 11.6. The highest BCUT2D eigenvalue weighted by Gasteiger charge is 2.20. The minimum absolute atomic E-state index is 0.609. The average molecular weight is 641 g/mol. The summed E-state index contributed by atoms with van der Waals surface area (Å²) >= 11 is 0. The van der Waals surface area contributed by atoms with Gasteiger partial charge in [-0.3, -0.25) is 0 Å². The molecule has 0 saturated heterocycles. The Bertz CT molecular complexity index is 2850. The van der Waals surface area contributed by atoms with E-state index in [4.69, 9.17) is 19.4 Å². The van der Waals surface area contributed by atoms with Gasteiger partial charge in [0.25, 0.3) is 0 Å². The van der Waals surface area contributed by atoms with Gasteiger partial charge in [0.2, 0.25) is 0 Å². The first-order valence-corrected chi connectivity index (χ1v) is 16.7. The SMILES string of the molecule is c1ccc(-c2ccc(-c3nc(-c4ccccc4)nc(-c4cccc(-n5c6ccccc6c6ccc7c8ccccc8oc7c65)c4)n3)cc2)cc1. The van der Waals surface area contributed by atoms with Gasteiger partial charge in [0.05, 0.1) is 11.0 Å². The third-order valence-corrected chi connectivity index (χ3v) is 9.46. The second-order valence-electron chi connectivity index (χ2n) is 12.5. The lowest BCUT2D eigenvalue weighted by Gasteiger charge is -2.12. The highest BCUT2D eigenvalue weighted by Crippen LogP contribution is 2.40. The quantitative estimate of drug-likeness (QED) is 0.188. The fourth-order valence-electron chi connectivity index (χ4n) is 7.08. The van der Waals surface area contributed by atoms with Crippen LogP contribution in [0.2, 0.25) is 0 Å². The van der Waals surface area contributed by atoms with Crippen LogP contribution in [0.1, 0.15) is 0 Å². The fraction of sp³-hybridized carbons (Fsp3) is 0. The van der Waals surface area contributed by atoms with Crippen LogP contribution in [0.25, 0.3) is 94.7 Å². The summed E-state index contributed by atoms with van der Waals surface area (Å²) in [6.07, 6.45) is 0. The minimum Gasteiger partial charge on any atom is -0.454 e. The Morgan fingerprint density at radius 1 is 0.380 bits per heavy atom. The lowest BCUT2D eigenvalue weighted by Crippen LogP contribution is -2.01. The van der Waals surface area contributed by atoms with E-state index in [0.29, 0.717) is 17.5 Å². The molecule has 0 N–H and O–H groups in total. The van der Waals surface area contributed by atoms with Crippen LogP contribution in [0.4, 0.5) is 0 Å². The van der Waals surface area contributed by atoms with Crippen molar-refractivity contribution < 1.29 is 4.42 Å². The standard InChI is InChI=1S/C45H28N4O/c1-3-12-29(13-4-1)30-22-24-32(25-23-30)44-46-43(31-14-5-2-6-15-31)47-45(48-44)33-16-11-17-34(28-33)49-39-20-9-7-18-35(39)37-26-27-38-36-19-8-10-21-40(36)50-42(38)41(37)49/h1-28H.